The van der Waals surface area contributed by atoms with Gasteiger partial charge < -0.3 is 19.9 Å². The van der Waals surface area contributed by atoms with E-state index in [0.29, 0.717) is 13.0 Å². The molecule has 0 unspecified atom stereocenters. The van der Waals surface area contributed by atoms with E-state index < -0.39 is 0 Å². The van der Waals surface area contributed by atoms with E-state index >= 15 is 0 Å². The highest BCUT2D eigenvalue weighted by Crippen LogP contribution is 2.19. The highest BCUT2D eigenvalue weighted by Gasteiger charge is 2.13. The lowest BCUT2D eigenvalue weighted by atomic mass is 10.2. The predicted molar refractivity (Wildman–Crippen MR) is 81.3 cm³/mol. The number of methoxy groups -OCH3 is 1. The predicted octanol–water partition coefficient (Wildman–Crippen LogP) is 1.41. The van der Waals surface area contributed by atoms with Gasteiger partial charge in [-0.15, -0.1) is 0 Å². The van der Waals surface area contributed by atoms with E-state index in [1.54, 1.807) is 0 Å². The molecule has 20 heavy (non-hydrogen) atoms. The summed E-state index contributed by atoms with van der Waals surface area (Å²) in [5.74, 6) is -0.188. The third-order valence-electron chi connectivity index (χ3n) is 3.62. The molecule has 0 bridgehead atoms. The number of nitrogens with one attached hydrogen (secondary N) is 1. The lowest BCUT2D eigenvalue weighted by molar-refractivity contribution is -0.140. The molecule has 0 aromatic heterocycles. The van der Waals surface area contributed by atoms with Crippen LogP contribution in [0.5, 0.6) is 0 Å². The van der Waals surface area contributed by atoms with Gasteiger partial charge in [0.05, 0.1) is 13.5 Å². The molecule has 1 aromatic rings. The molecule has 1 aliphatic heterocycles. The smallest absolute Gasteiger partial charge is 0.307 e. The van der Waals surface area contributed by atoms with E-state index in [1.807, 2.05) is 0 Å². The lowest BCUT2D eigenvalue weighted by Gasteiger charge is -2.34. The molecule has 2 rings (SSSR count). The van der Waals surface area contributed by atoms with Crippen LogP contribution in [0.25, 0.3) is 0 Å². The van der Waals surface area contributed by atoms with E-state index in [0.717, 1.165) is 31.9 Å². The van der Waals surface area contributed by atoms with Crippen molar-refractivity contribution in [2.75, 3.05) is 57.1 Å². The average Bonchev–Trinajstić information content (AvgIpc) is 2.48. The Bertz CT molecular complexity index is 425. The van der Waals surface area contributed by atoms with Crippen LogP contribution in [0.4, 0.5) is 11.4 Å². The second kappa shape index (κ2) is 7.14. The summed E-state index contributed by atoms with van der Waals surface area (Å²) in [6.45, 7) is 4.97. The first-order valence-corrected chi connectivity index (χ1v) is 7.03. The second-order valence-electron chi connectivity index (χ2n) is 5.09. The van der Waals surface area contributed by atoms with Crippen LogP contribution in [0.3, 0.4) is 0 Å². The minimum Gasteiger partial charge on any atom is -0.469 e. The summed E-state index contributed by atoms with van der Waals surface area (Å²) in [4.78, 5) is 15.8. The summed E-state index contributed by atoms with van der Waals surface area (Å²) in [7, 11) is 3.57. The van der Waals surface area contributed by atoms with Gasteiger partial charge >= 0.3 is 5.97 Å². The number of carbonyl (C=O) groups excluding carboxylic acids is 1. The molecule has 5 nitrogen and oxygen atoms in total. The maximum atomic E-state index is 11.0. The molecule has 110 valence electrons. The molecule has 1 aliphatic rings. The number of hydrogen-bond donors (Lipinski definition) is 1. The highest BCUT2D eigenvalue weighted by atomic mass is 16.5. The molecule has 1 heterocycles. The maximum absolute atomic E-state index is 11.0. The van der Waals surface area contributed by atoms with Gasteiger partial charge in [0.15, 0.2) is 0 Å². The number of anilines is 2. The van der Waals surface area contributed by atoms with Crippen molar-refractivity contribution in [1.82, 2.24) is 4.90 Å². The molecule has 0 aliphatic carbocycles. The molecular formula is C15H23N3O2. The Balaban J connectivity index is 1.82. The normalized spacial score (nSPS) is 16.0. The number of ether oxygens (including phenoxy) is 1. The number of likely N-dealkylation sites (N-methyl/N-ethyl adjacent to an activating group) is 1. The minimum absolute atomic E-state index is 0.188. The number of esters is 1. The van der Waals surface area contributed by atoms with E-state index in [9.17, 15) is 4.79 Å². The Morgan fingerprint density at radius 2 is 1.85 bits per heavy atom. The summed E-state index contributed by atoms with van der Waals surface area (Å²) in [5, 5.41) is 3.22. The first kappa shape index (κ1) is 14.7. The lowest BCUT2D eigenvalue weighted by Crippen LogP contribution is -2.44. The van der Waals surface area contributed by atoms with Crippen LogP contribution >= 0.6 is 0 Å². The first-order chi connectivity index (χ1) is 9.69. The summed E-state index contributed by atoms with van der Waals surface area (Å²) in [6.07, 6.45) is 0.386. The summed E-state index contributed by atoms with van der Waals surface area (Å²) in [5.41, 5.74) is 2.29. The Morgan fingerprint density at radius 1 is 1.20 bits per heavy atom. The molecule has 0 saturated carbocycles. The average molecular weight is 277 g/mol. The zero-order chi connectivity index (χ0) is 14.4. The minimum atomic E-state index is -0.188. The summed E-state index contributed by atoms with van der Waals surface area (Å²) in [6, 6.07) is 8.38. The van der Waals surface area contributed by atoms with Crippen LogP contribution in [-0.4, -0.2) is 57.8 Å². The van der Waals surface area contributed by atoms with Crippen LogP contribution in [-0.2, 0) is 9.53 Å². The quantitative estimate of drug-likeness (QED) is 0.825. The Hall–Kier alpha value is -1.75. The molecule has 5 heteroatoms. The van der Waals surface area contributed by atoms with Crippen LogP contribution in [0, 0.1) is 0 Å². The SMILES string of the molecule is COC(=O)CCNc1ccc(N2CCN(C)CC2)cc1. The molecule has 1 aromatic carbocycles. The van der Waals surface area contributed by atoms with Crippen molar-refractivity contribution in [3.05, 3.63) is 24.3 Å². The van der Waals surface area contributed by atoms with Gasteiger partial charge in [-0.1, -0.05) is 0 Å². The molecular weight excluding hydrogens is 254 g/mol. The van der Waals surface area contributed by atoms with Crippen molar-refractivity contribution in [2.24, 2.45) is 0 Å². The van der Waals surface area contributed by atoms with E-state index in [2.05, 4.69) is 51.2 Å². The largest absolute Gasteiger partial charge is 0.469 e. The second-order valence-corrected chi connectivity index (χ2v) is 5.09. The summed E-state index contributed by atoms with van der Waals surface area (Å²) >= 11 is 0. The third-order valence-corrected chi connectivity index (χ3v) is 3.62. The van der Waals surface area contributed by atoms with Gasteiger partial charge in [0.25, 0.3) is 0 Å². The number of piperazine rings is 1. The van der Waals surface area contributed by atoms with Gasteiger partial charge in [-0.25, -0.2) is 0 Å². The number of benzene rings is 1. The molecule has 1 fully saturated rings. The monoisotopic (exact) mass is 277 g/mol. The molecule has 0 spiro atoms. The van der Waals surface area contributed by atoms with Crippen molar-refractivity contribution in [2.45, 2.75) is 6.42 Å². The van der Waals surface area contributed by atoms with Gasteiger partial charge in [0.1, 0.15) is 0 Å². The van der Waals surface area contributed by atoms with Crippen LogP contribution in [0.2, 0.25) is 0 Å². The van der Waals surface area contributed by atoms with Gasteiger partial charge in [-0.05, 0) is 31.3 Å². The molecule has 0 radical (unpaired) electrons. The third kappa shape index (κ3) is 4.13. The van der Waals surface area contributed by atoms with Gasteiger partial charge in [0, 0.05) is 44.1 Å². The number of nitrogens with zero attached hydrogens (tertiary/aromatic N) is 2. The number of rotatable bonds is 5. The van der Waals surface area contributed by atoms with Crippen molar-refractivity contribution >= 4 is 17.3 Å². The van der Waals surface area contributed by atoms with Crippen molar-refractivity contribution in [1.29, 1.82) is 0 Å². The fourth-order valence-corrected chi connectivity index (χ4v) is 2.27. The number of hydrogen-bond acceptors (Lipinski definition) is 5. The van der Waals surface area contributed by atoms with E-state index in [4.69, 9.17) is 0 Å². The molecule has 0 atom stereocenters. The Morgan fingerprint density at radius 3 is 2.45 bits per heavy atom. The topological polar surface area (TPSA) is 44.8 Å². The van der Waals surface area contributed by atoms with Crippen LogP contribution in [0.15, 0.2) is 24.3 Å². The van der Waals surface area contributed by atoms with Gasteiger partial charge in [-0.2, -0.15) is 0 Å². The zero-order valence-electron chi connectivity index (χ0n) is 12.3. The van der Waals surface area contributed by atoms with Crippen molar-refractivity contribution in [3.63, 3.8) is 0 Å². The number of carbonyl (C=O) groups is 1. The molecule has 0 amide bonds. The molecule has 1 N–H and O–H groups in total. The van der Waals surface area contributed by atoms with Crippen molar-refractivity contribution < 1.29 is 9.53 Å². The highest BCUT2D eigenvalue weighted by molar-refractivity contribution is 5.70. The van der Waals surface area contributed by atoms with Crippen LogP contribution < -0.4 is 10.2 Å². The fourth-order valence-electron chi connectivity index (χ4n) is 2.27. The van der Waals surface area contributed by atoms with E-state index in [-0.39, 0.29) is 5.97 Å². The first-order valence-electron chi connectivity index (χ1n) is 7.03. The van der Waals surface area contributed by atoms with Gasteiger partial charge in [0.2, 0.25) is 0 Å². The van der Waals surface area contributed by atoms with Crippen molar-refractivity contribution in [3.8, 4) is 0 Å². The zero-order valence-corrected chi connectivity index (χ0v) is 12.3. The Kier molecular flexibility index (Phi) is 5.24. The molecule has 1 saturated heterocycles. The maximum Gasteiger partial charge on any atom is 0.307 e. The van der Waals surface area contributed by atoms with Gasteiger partial charge in [-0.3, -0.25) is 4.79 Å². The summed E-state index contributed by atoms with van der Waals surface area (Å²) < 4.78 is 4.61. The van der Waals surface area contributed by atoms with E-state index in [1.165, 1.54) is 12.8 Å². The van der Waals surface area contributed by atoms with Crippen LogP contribution in [0.1, 0.15) is 6.42 Å². The Labute approximate surface area is 120 Å². The fraction of sp³-hybridized carbons (Fsp3) is 0.533. The standard InChI is InChI=1S/C15H23N3O2/c1-17-9-11-18(12-10-17)14-5-3-13(4-6-14)16-8-7-15(19)20-2/h3-6,16H,7-12H2,1-2H3.